The van der Waals surface area contributed by atoms with Gasteiger partial charge in [0.05, 0.1) is 0 Å². The lowest BCUT2D eigenvalue weighted by Gasteiger charge is -2.40. The molecule has 0 fully saturated rings. The highest BCUT2D eigenvalue weighted by molar-refractivity contribution is 7.87. The van der Waals surface area contributed by atoms with E-state index in [0.717, 1.165) is 0 Å². The Hall–Kier alpha value is -1.14. The SMILES string of the molecule is O=S(=O)(O)[13C](F)(F)[13C](F)(F)[13C](F)(F)C(F)(F)C(F)(F)C(F)(F)C(F)(F)F. The lowest BCUT2D eigenvalue weighted by atomic mass is 10.1. The van der Waals surface area contributed by atoms with Crippen molar-refractivity contribution in [1.82, 2.24) is 0 Å². The van der Waals surface area contributed by atoms with Crippen LogP contribution in [0.2, 0.25) is 0 Å². The van der Waals surface area contributed by atoms with E-state index >= 15 is 0 Å². The average molecular weight is 453 g/mol. The standard InChI is InChI=1S/C7HF15O3S/c8-1(9,2(10,11)4(14,15)6(18,19)20)3(12,13)5(16,17)7(21,22)26(23,24)25/h(H,23,24,25)/i3+1,5+1,7+1. The predicted octanol–water partition coefficient (Wildman–Crippen LogP) is 4.21. The molecular weight excluding hydrogens is 452 g/mol. The average Bonchev–Trinajstić information content (AvgIpc) is 2.34. The van der Waals surface area contributed by atoms with Gasteiger partial charge in [0.15, 0.2) is 0 Å². The van der Waals surface area contributed by atoms with Crippen molar-refractivity contribution in [3.63, 3.8) is 0 Å². The van der Waals surface area contributed by atoms with Gasteiger partial charge in [0.2, 0.25) is 0 Å². The van der Waals surface area contributed by atoms with Gasteiger partial charge in [-0.25, -0.2) is 0 Å². The number of hydrogen-bond donors (Lipinski definition) is 1. The van der Waals surface area contributed by atoms with Crippen LogP contribution in [0.15, 0.2) is 0 Å². The summed E-state index contributed by atoms with van der Waals surface area (Å²) in [5, 5.41) is -7.70. The Balaban J connectivity index is 6.71. The van der Waals surface area contributed by atoms with Crippen LogP contribution < -0.4 is 0 Å². The Morgan fingerprint density at radius 2 is 0.692 bits per heavy atom. The number of halogens is 15. The van der Waals surface area contributed by atoms with E-state index in [-0.39, 0.29) is 0 Å². The van der Waals surface area contributed by atoms with Crippen LogP contribution in [0.5, 0.6) is 0 Å². The van der Waals surface area contributed by atoms with Gasteiger partial charge >= 0.3 is 51.2 Å². The number of hydrogen-bond acceptors (Lipinski definition) is 2. The molecule has 0 aliphatic rings. The van der Waals surface area contributed by atoms with Crippen molar-refractivity contribution in [3.05, 3.63) is 0 Å². The minimum absolute atomic E-state index is 7.65. The maximum Gasteiger partial charge on any atom is 0.460 e. The quantitative estimate of drug-likeness (QED) is 0.373. The highest BCUT2D eigenvalue weighted by Crippen LogP contribution is 2.62. The molecule has 0 spiro atoms. The monoisotopic (exact) mass is 453 g/mol. The molecule has 0 atom stereocenters. The van der Waals surface area contributed by atoms with Crippen molar-refractivity contribution in [2.75, 3.05) is 0 Å². The first-order valence-electron chi connectivity index (χ1n) is 5.05. The molecule has 0 rings (SSSR count). The summed E-state index contributed by atoms with van der Waals surface area (Å²) in [5.41, 5.74) is 0. The van der Waals surface area contributed by atoms with Crippen molar-refractivity contribution in [1.29, 1.82) is 0 Å². The predicted molar refractivity (Wildman–Crippen MR) is 47.3 cm³/mol. The molecule has 0 saturated heterocycles. The fraction of sp³-hybridized carbons (Fsp3) is 1.00. The Labute approximate surface area is 131 Å². The largest absolute Gasteiger partial charge is 0.460 e. The minimum Gasteiger partial charge on any atom is -0.281 e. The van der Waals surface area contributed by atoms with Crippen LogP contribution in [-0.4, -0.2) is 54.0 Å². The van der Waals surface area contributed by atoms with Gasteiger partial charge < -0.3 is 0 Å². The van der Waals surface area contributed by atoms with Gasteiger partial charge in [-0.2, -0.15) is 74.3 Å². The molecule has 19 heteroatoms. The summed E-state index contributed by atoms with van der Waals surface area (Å²) in [5.74, 6) is -42.0. The molecule has 0 radical (unpaired) electrons. The third-order valence-corrected chi connectivity index (χ3v) is 3.53. The maximum atomic E-state index is 12.9. The second-order valence-electron chi connectivity index (χ2n) is 4.36. The molecular formula is C7HF15O3S. The number of rotatable bonds is 6. The van der Waals surface area contributed by atoms with Crippen LogP contribution in [0.3, 0.4) is 0 Å². The smallest absolute Gasteiger partial charge is 0.281 e. The summed E-state index contributed by atoms with van der Waals surface area (Å²) in [6.07, 6.45) is -7.75. The molecule has 0 aromatic carbocycles. The van der Waals surface area contributed by atoms with Gasteiger partial charge in [-0.15, -0.1) is 0 Å². The second-order valence-corrected chi connectivity index (χ2v) is 5.82. The van der Waals surface area contributed by atoms with E-state index in [1.807, 2.05) is 0 Å². The van der Waals surface area contributed by atoms with E-state index in [4.69, 9.17) is 4.55 Å². The fourth-order valence-electron chi connectivity index (χ4n) is 1.11. The van der Waals surface area contributed by atoms with Crippen molar-refractivity contribution in [2.24, 2.45) is 0 Å². The van der Waals surface area contributed by atoms with Crippen LogP contribution in [-0.2, 0) is 10.1 Å². The molecule has 0 bridgehead atoms. The Kier molecular flexibility index (Phi) is 5.43. The van der Waals surface area contributed by atoms with E-state index in [1.165, 1.54) is 0 Å². The lowest BCUT2D eigenvalue weighted by Crippen LogP contribution is -2.73. The lowest BCUT2D eigenvalue weighted by molar-refractivity contribution is -0.448. The van der Waals surface area contributed by atoms with E-state index in [9.17, 15) is 74.3 Å². The Morgan fingerprint density at radius 1 is 0.462 bits per heavy atom. The Morgan fingerprint density at radius 3 is 0.923 bits per heavy atom. The normalized spacial score (nSPS) is 16.8. The van der Waals surface area contributed by atoms with Gasteiger partial charge in [0.1, 0.15) is 0 Å². The summed E-state index contributed by atoms with van der Waals surface area (Å²) in [6, 6.07) is 0. The first-order chi connectivity index (χ1) is 10.8. The van der Waals surface area contributed by atoms with Gasteiger partial charge in [-0.3, -0.25) is 4.55 Å². The third-order valence-electron chi connectivity index (χ3n) is 2.62. The second kappa shape index (κ2) is 5.68. The van der Waals surface area contributed by atoms with E-state index in [0.29, 0.717) is 0 Å². The summed E-state index contributed by atoms with van der Waals surface area (Å²) in [6.45, 7) is 0. The summed E-state index contributed by atoms with van der Waals surface area (Å²) in [4.78, 5) is 0. The number of alkyl halides is 15. The van der Waals surface area contributed by atoms with E-state index < -0.39 is 51.2 Å². The van der Waals surface area contributed by atoms with Gasteiger partial charge in [0.25, 0.3) is 0 Å². The molecule has 0 aliphatic carbocycles. The summed E-state index contributed by atoms with van der Waals surface area (Å²) >= 11 is 0. The minimum atomic E-state index is -8.60. The van der Waals surface area contributed by atoms with Crippen molar-refractivity contribution in [2.45, 2.75) is 41.0 Å². The van der Waals surface area contributed by atoms with Crippen LogP contribution in [0.25, 0.3) is 0 Å². The van der Waals surface area contributed by atoms with Gasteiger partial charge in [-0.05, 0) is 0 Å². The molecule has 0 saturated carbocycles. The summed E-state index contributed by atoms with van der Waals surface area (Å²) < 4.78 is 215. The van der Waals surface area contributed by atoms with E-state index in [2.05, 4.69) is 0 Å². The van der Waals surface area contributed by atoms with Crippen LogP contribution >= 0.6 is 0 Å². The van der Waals surface area contributed by atoms with Crippen LogP contribution in [0.4, 0.5) is 65.9 Å². The zero-order valence-electron chi connectivity index (χ0n) is 10.8. The molecule has 26 heavy (non-hydrogen) atoms. The van der Waals surface area contributed by atoms with E-state index in [1.54, 1.807) is 0 Å². The first kappa shape index (κ1) is 24.9. The molecule has 0 aliphatic heterocycles. The van der Waals surface area contributed by atoms with Crippen LogP contribution in [0, 0.1) is 0 Å². The highest BCUT2D eigenvalue weighted by atomic mass is 32.2. The van der Waals surface area contributed by atoms with Crippen molar-refractivity contribution in [3.8, 4) is 0 Å². The summed E-state index contributed by atoms with van der Waals surface area (Å²) in [7, 11) is -7.76. The van der Waals surface area contributed by atoms with Crippen molar-refractivity contribution >= 4 is 10.1 Å². The third kappa shape index (κ3) is 2.85. The molecule has 0 amide bonds. The highest BCUT2D eigenvalue weighted by Gasteiger charge is 2.94. The topological polar surface area (TPSA) is 54.4 Å². The van der Waals surface area contributed by atoms with Crippen molar-refractivity contribution < 1.29 is 78.8 Å². The Bertz CT molecular complexity index is 645. The molecule has 0 heterocycles. The fourth-order valence-corrected chi connectivity index (χ4v) is 1.57. The zero-order valence-corrected chi connectivity index (χ0v) is 11.7. The molecule has 158 valence electrons. The molecule has 3 nitrogen and oxygen atoms in total. The van der Waals surface area contributed by atoms with Crippen LogP contribution in [0.1, 0.15) is 0 Å². The van der Waals surface area contributed by atoms with Gasteiger partial charge in [0, 0.05) is 0 Å². The molecule has 0 aromatic heterocycles. The zero-order chi connectivity index (χ0) is 22.0. The molecule has 0 aromatic rings. The molecule has 0 unspecified atom stereocenters. The maximum absolute atomic E-state index is 12.9. The molecule has 1 N–H and O–H groups in total. The first-order valence-corrected chi connectivity index (χ1v) is 6.49. The van der Waals surface area contributed by atoms with Gasteiger partial charge in [-0.1, -0.05) is 0 Å².